The molecule has 7 nitrogen and oxygen atoms in total. The van der Waals surface area contributed by atoms with E-state index in [0.29, 0.717) is 17.8 Å². The summed E-state index contributed by atoms with van der Waals surface area (Å²) in [5.41, 5.74) is 1.06. The highest BCUT2D eigenvalue weighted by Crippen LogP contribution is 2.11. The summed E-state index contributed by atoms with van der Waals surface area (Å²) in [6, 6.07) is 0. The van der Waals surface area contributed by atoms with Crippen molar-refractivity contribution in [3.63, 3.8) is 0 Å². The van der Waals surface area contributed by atoms with Gasteiger partial charge in [-0.1, -0.05) is 6.92 Å². The fraction of sp³-hybridized carbons (Fsp3) is 0.500. The lowest BCUT2D eigenvalue weighted by atomic mass is 10.4. The maximum Gasteiger partial charge on any atom is 0.257 e. The van der Waals surface area contributed by atoms with Crippen LogP contribution in [0.15, 0.2) is 12.4 Å². The Bertz CT molecular complexity index is 547. The Morgan fingerprint density at radius 1 is 1.26 bits per heavy atom. The van der Waals surface area contributed by atoms with Crippen LogP contribution in [0.25, 0.3) is 5.95 Å². The van der Waals surface area contributed by atoms with Crippen molar-refractivity contribution in [2.24, 2.45) is 0 Å². The molecular formula is C12H19N7. The fourth-order valence-corrected chi connectivity index (χ4v) is 1.49. The van der Waals surface area contributed by atoms with Crippen LogP contribution in [0.3, 0.4) is 0 Å². The Balaban J connectivity index is 2.39. The van der Waals surface area contributed by atoms with E-state index in [0.717, 1.165) is 18.5 Å². The summed E-state index contributed by atoms with van der Waals surface area (Å²) in [5.74, 6) is 1.70. The molecule has 2 aromatic rings. The van der Waals surface area contributed by atoms with Crippen LogP contribution >= 0.6 is 0 Å². The van der Waals surface area contributed by atoms with Crippen molar-refractivity contribution in [2.75, 3.05) is 30.9 Å². The number of nitrogens with zero attached hydrogens (tertiary/aromatic N) is 6. The number of nitrogens with one attached hydrogen (secondary N) is 1. The summed E-state index contributed by atoms with van der Waals surface area (Å²) in [6.07, 6.45) is 4.68. The average Bonchev–Trinajstić information content (AvgIpc) is 2.82. The minimum absolute atomic E-state index is 0.519. The van der Waals surface area contributed by atoms with Crippen LogP contribution in [0.5, 0.6) is 0 Å². The van der Waals surface area contributed by atoms with Crippen molar-refractivity contribution >= 4 is 11.9 Å². The molecule has 2 heterocycles. The number of hydrogen-bond acceptors (Lipinski definition) is 6. The first-order chi connectivity index (χ1) is 9.10. The van der Waals surface area contributed by atoms with Crippen LogP contribution in [0.2, 0.25) is 0 Å². The van der Waals surface area contributed by atoms with Crippen molar-refractivity contribution in [2.45, 2.75) is 20.3 Å². The molecule has 0 fully saturated rings. The van der Waals surface area contributed by atoms with Gasteiger partial charge in [0.05, 0.1) is 6.20 Å². The van der Waals surface area contributed by atoms with E-state index in [9.17, 15) is 0 Å². The summed E-state index contributed by atoms with van der Waals surface area (Å²) >= 11 is 0. The minimum Gasteiger partial charge on any atom is -0.354 e. The zero-order chi connectivity index (χ0) is 13.8. The van der Waals surface area contributed by atoms with Gasteiger partial charge in [-0.05, 0) is 18.9 Å². The van der Waals surface area contributed by atoms with E-state index in [1.54, 1.807) is 10.9 Å². The van der Waals surface area contributed by atoms with Gasteiger partial charge in [-0.25, -0.2) is 4.68 Å². The first-order valence-corrected chi connectivity index (χ1v) is 6.29. The van der Waals surface area contributed by atoms with Crippen molar-refractivity contribution < 1.29 is 0 Å². The summed E-state index contributed by atoms with van der Waals surface area (Å²) in [5, 5.41) is 7.40. The number of aromatic nitrogens is 5. The molecule has 0 saturated carbocycles. The van der Waals surface area contributed by atoms with Crippen molar-refractivity contribution in [1.29, 1.82) is 0 Å². The lowest BCUT2D eigenvalue weighted by Crippen LogP contribution is -2.17. The molecule has 0 unspecified atom stereocenters. The molecule has 0 bridgehead atoms. The van der Waals surface area contributed by atoms with E-state index in [2.05, 4.69) is 32.3 Å². The highest BCUT2D eigenvalue weighted by Gasteiger charge is 2.10. The van der Waals surface area contributed by atoms with Crippen molar-refractivity contribution in [1.82, 2.24) is 24.7 Å². The normalized spacial score (nSPS) is 10.5. The van der Waals surface area contributed by atoms with Crippen LogP contribution in [0, 0.1) is 6.92 Å². The molecule has 2 rings (SSSR count). The molecule has 0 saturated heterocycles. The van der Waals surface area contributed by atoms with Gasteiger partial charge in [0.2, 0.25) is 11.9 Å². The first kappa shape index (κ1) is 13.3. The van der Waals surface area contributed by atoms with Crippen LogP contribution in [-0.2, 0) is 0 Å². The maximum absolute atomic E-state index is 4.39. The van der Waals surface area contributed by atoms with E-state index < -0.39 is 0 Å². The second-order valence-electron chi connectivity index (χ2n) is 4.54. The second kappa shape index (κ2) is 5.64. The van der Waals surface area contributed by atoms with E-state index in [1.165, 1.54) is 0 Å². The zero-order valence-electron chi connectivity index (χ0n) is 11.8. The third-order valence-corrected chi connectivity index (χ3v) is 2.46. The SMILES string of the molecule is CCCNc1nc(N(C)C)nc(-n2cc(C)cn2)n1. The Morgan fingerprint density at radius 2 is 2.05 bits per heavy atom. The van der Waals surface area contributed by atoms with E-state index in [-0.39, 0.29) is 0 Å². The van der Waals surface area contributed by atoms with Crippen LogP contribution in [-0.4, -0.2) is 45.4 Å². The monoisotopic (exact) mass is 261 g/mol. The van der Waals surface area contributed by atoms with Gasteiger partial charge < -0.3 is 10.2 Å². The molecule has 0 radical (unpaired) electrons. The highest BCUT2D eigenvalue weighted by atomic mass is 15.4. The Morgan fingerprint density at radius 3 is 2.63 bits per heavy atom. The molecule has 0 amide bonds. The molecule has 0 spiro atoms. The van der Waals surface area contributed by atoms with E-state index in [1.807, 2.05) is 32.1 Å². The lowest BCUT2D eigenvalue weighted by Gasteiger charge is -2.13. The van der Waals surface area contributed by atoms with Gasteiger partial charge in [0.15, 0.2) is 0 Å². The van der Waals surface area contributed by atoms with Gasteiger partial charge in [-0.15, -0.1) is 0 Å². The quantitative estimate of drug-likeness (QED) is 0.873. The third kappa shape index (κ3) is 3.18. The van der Waals surface area contributed by atoms with E-state index >= 15 is 0 Å². The summed E-state index contributed by atoms with van der Waals surface area (Å²) in [4.78, 5) is 15.0. The molecule has 0 aliphatic heterocycles. The molecular weight excluding hydrogens is 242 g/mol. The van der Waals surface area contributed by atoms with Gasteiger partial charge in [0, 0.05) is 26.8 Å². The van der Waals surface area contributed by atoms with Gasteiger partial charge in [-0.2, -0.15) is 20.1 Å². The zero-order valence-corrected chi connectivity index (χ0v) is 11.8. The highest BCUT2D eigenvalue weighted by molar-refractivity contribution is 5.38. The van der Waals surface area contributed by atoms with Crippen LogP contribution in [0.1, 0.15) is 18.9 Å². The van der Waals surface area contributed by atoms with Gasteiger partial charge in [-0.3, -0.25) is 0 Å². The molecule has 0 atom stereocenters. The molecule has 0 aromatic carbocycles. The number of aryl methyl sites for hydroxylation is 1. The second-order valence-corrected chi connectivity index (χ2v) is 4.54. The van der Waals surface area contributed by atoms with Crippen molar-refractivity contribution in [3.8, 4) is 5.95 Å². The molecule has 7 heteroatoms. The molecule has 1 N–H and O–H groups in total. The Kier molecular flexibility index (Phi) is 3.94. The molecule has 2 aromatic heterocycles. The summed E-state index contributed by atoms with van der Waals surface area (Å²) < 4.78 is 1.65. The predicted molar refractivity (Wildman–Crippen MR) is 74.8 cm³/mol. The molecule has 0 aliphatic rings. The third-order valence-electron chi connectivity index (χ3n) is 2.46. The summed E-state index contributed by atoms with van der Waals surface area (Å²) in [6.45, 7) is 4.90. The standard InChI is InChI=1S/C12H19N7/c1-5-6-13-10-15-11(18(3)4)17-12(16-10)19-8-9(2)7-14-19/h7-8H,5-6H2,1-4H3,(H,13,15,16,17). The van der Waals surface area contributed by atoms with Gasteiger partial charge >= 0.3 is 0 Å². The molecule has 0 aliphatic carbocycles. The topological polar surface area (TPSA) is 71.8 Å². The van der Waals surface area contributed by atoms with Gasteiger partial charge in [0.1, 0.15) is 0 Å². The Hall–Kier alpha value is -2.18. The number of rotatable bonds is 5. The van der Waals surface area contributed by atoms with Gasteiger partial charge in [0.25, 0.3) is 5.95 Å². The fourth-order valence-electron chi connectivity index (χ4n) is 1.49. The Labute approximate surface area is 112 Å². The first-order valence-electron chi connectivity index (χ1n) is 6.29. The van der Waals surface area contributed by atoms with Crippen molar-refractivity contribution in [3.05, 3.63) is 18.0 Å². The summed E-state index contributed by atoms with van der Waals surface area (Å²) in [7, 11) is 3.80. The predicted octanol–water partition coefficient (Wildman–Crippen LogP) is 1.25. The minimum atomic E-state index is 0.519. The number of anilines is 2. The lowest BCUT2D eigenvalue weighted by molar-refractivity contribution is 0.786. The molecule has 102 valence electrons. The number of hydrogen-bond donors (Lipinski definition) is 1. The van der Waals surface area contributed by atoms with Crippen LogP contribution < -0.4 is 10.2 Å². The maximum atomic E-state index is 4.39. The largest absolute Gasteiger partial charge is 0.354 e. The average molecular weight is 261 g/mol. The smallest absolute Gasteiger partial charge is 0.257 e. The van der Waals surface area contributed by atoms with E-state index in [4.69, 9.17) is 0 Å². The molecule has 19 heavy (non-hydrogen) atoms. The van der Waals surface area contributed by atoms with Crippen LogP contribution in [0.4, 0.5) is 11.9 Å².